The van der Waals surface area contributed by atoms with Crippen molar-refractivity contribution in [3.8, 4) is 10.6 Å². The lowest BCUT2D eigenvalue weighted by Gasteiger charge is -2.31. The van der Waals surface area contributed by atoms with Gasteiger partial charge >= 0.3 is 0 Å². The third-order valence-electron chi connectivity index (χ3n) is 4.79. The van der Waals surface area contributed by atoms with Crippen LogP contribution in [0.1, 0.15) is 31.0 Å². The first-order valence-corrected chi connectivity index (χ1v) is 9.59. The Balaban J connectivity index is 1.60. The van der Waals surface area contributed by atoms with Crippen molar-refractivity contribution in [1.82, 2.24) is 9.88 Å². The summed E-state index contributed by atoms with van der Waals surface area (Å²) in [5.41, 5.74) is 9.04. The molecule has 0 radical (unpaired) electrons. The summed E-state index contributed by atoms with van der Waals surface area (Å²) in [7, 11) is 0. The Bertz CT molecular complexity index is 672. The Morgan fingerprint density at radius 3 is 2.62 bits per heavy atom. The van der Waals surface area contributed by atoms with Crippen LogP contribution in [0.3, 0.4) is 0 Å². The molecule has 1 fully saturated rings. The first kappa shape index (κ1) is 17.1. The summed E-state index contributed by atoms with van der Waals surface area (Å²) < 4.78 is 0. The largest absolute Gasteiger partial charge is 0.342 e. The minimum Gasteiger partial charge on any atom is -0.342 e. The van der Waals surface area contributed by atoms with E-state index >= 15 is 0 Å². The molecule has 0 saturated carbocycles. The zero-order chi connectivity index (χ0) is 16.9. The van der Waals surface area contributed by atoms with Crippen LogP contribution in [0.25, 0.3) is 10.6 Å². The molecule has 2 heterocycles. The number of piperidine rings is 1. The van der Waals surface area contributed by atoms with Gasteiger partial charge in [0, 0.05) is 24.0 Å². The number of amides is 1. The van der Waals surface area contributed by atoms with Crippen molar-refractivity contribution in [3.05, 3.63) is 40.9 Å². The first-order chi connectivity index (χ1) is 11.7. The molecular weight excluding hydrogens is 318 g/mol. The van der Waals surface area contributed by atoms with E-state index in [2.05, 4.69) is 36.2 Å². The highest BCUT2D eigenvalue weighted by Gasteiger charge is 2.22. The van der Waals surface area contributed by atoms with Crippen LogP contribution in [0.15, 0.2) is 29.6 Å². The molecule has 1 aromatic heterocycles. The molecule has 4 nitrogen and oxygen atoms in total. The maximum absolute atomic E-state index is 12.5. The van der Waals surface area contributed by atoms with Gasteiger partial charge in [-0.3, -0.25) is 4.79 Å². The molecule has 1 aliphatic rings. The number of likely N-dealkylation sites (tertiary alicyclic amines) is 1. The smallest absolute Gasteiger partial charge is 0.228 e. The number of nitrogens with zero attached hydrogens (tertiary/aromatic N) is 2. The van der Waals surface area contributed by atoms with Gasteiger partial charge in [-0.1, -0.05) is 31.2 Å². The highest BCUT2D eigenvalue weighted by atomic mass is 32.1. The lowest BCUT2D eigenvalue weighted by atomic mass is 9.97. The van der Waals surface area contributed by atoms with E-state index in [4.69, 9.17) is 5.73 Å². The summed E-state index contributed by atoms with van der Waals surface area (Å²) in [4.78, 5) is 19.1. The number of hydrogen-bond acceptors (Lipinski definition) is 4. The van der Waals surface area contributed by atoms with Gasteiger partial charge in [0.15, 0.2) is 0 Å². The molecule has 128 valence electrons. The molecule has 2 aromatic rings. The van der Waals surface area contributed by atoms with Crippen LogP contribution < -0.4 is 5.73 Å². The van der Waals surface area contributed by atoms with Gasteiger partial charge in [0.1, 0.15) is 5.01 Å². The Labute approximate surface area is 147 Å². The van der Waals surface area contributed by atoms with E-state index in [0.717, 1.165) is 55.2 Å². The van der Waals surface area contributed by atoms with Crippen LogP contribution in [0.4, 0.5) is 0 Å². The zero-order valence-corrected chi connectivity index (χ0v) is 15.0. The fourth-order valence-corrected chi connectivity index (χ4v) is 3.91. The van der Waals surface area contributed by atoms with Crippen molar-refractivity contribution >= 4 is 17.2 Å². The Hall–Kier alpha value is -1.72. The van der Waals surface area contributed by atoms with Crippen molar-refractivity contribution in [2.24, 2.45) is 11.7 Å². The molecule has 0 atom stereocenters. The van der Waals surface area contributed by atoms with E-state index in [1.807, 2.05) is 10.3 Å². The fraction of sp³-hybridized carbons (Fsp3) is 0.474. The van der Waals surface area contributed by atoms with E-state index in [9.17, 15) is 4.79 Å². The number of carbonyl (C=O) groups excluding carboxylic acids is 1. The summed E-state index contributed by atoms with van der Waals surface area (Å²) in [5, 5.41) is 3.00. The number of aryl methyl sites for hydroxylation is 1. The van der Waals surface area contributed by atoms with E-state index in [-0.39, 0.29) is 5.91 Å². The van der Waals surface area contributed by atoms with Crippen molar-refractivity contribution in [1.29, 1.82) is 0 Å². The van der Waals surface area contributed by atoms with Gasteiger partial charge in [0.05, 0.1) is 12.1 Å². The molecule has 0 bridgehead atoms. The zero-order valence-electron chi connectivity index (χ0n) is 14.2. The van der Waals surface area contributed by atoms with Crippen molar-refractivity contribution in [2.45, 2.75) is 32.6 Å². The molecule has 2 N–H and O–H groups in total. The number of aromatic nitrogens is 1. The molecule has 24 heavy (non-hydrogen) atoms. The van der Waals surface area contributed by atoms with Gasteiger partial charge in [-0.15, -0.1) is 11.3 Å². The summed E-state index contributed by atoms with van der Waals surface area (Å²) in [6.45, 7) is 4.54. The second-order valence-electron chi connectivity index (χ2n) is 6.43. The highest BCUT2D eigenvalue weighted by molar-refractivity contribution is 7.13. The third kappa shape index (κ3) is 4.02. The molecule has 5 heteroatoms. The molecular formula is C19H25N3OS. The third-order valence-corrected chi connectivity index (χ3v) is 5.73. The molecule has 0 spiro atoms. The van der Waals surface area contributed by atoms with Crippen LogP contribution in [0.2, 0.25) is 0 Å². The summed E-state index contributed by atoms with van der Waals surface area (Å²) in [6, 6.07) is 8.51. The molecule has 0 unspecified atom stereocenters. The minimum absolute atomic E-state index is 0.184. The van der Waals surface area contributed by atoms with Gasteiger partial charge in [0.25, 0.3) is 0 Å². The normalized spacial score (nSPS) is 15.7. The maximum atomic E-state index is 12.5. The standard InChI is InChI=1S/C19H25N3OS/c1-2-14-3-5-16(6-4-14)19-21-17(13-24-19)11-18(23)22-9-7-15(12-20)8-10-22/h3-6,13,15H,2,7-12,20H2,1H3. The summed E-state index contributed by atoms with van der Waals surface area (Å²) >= 11 is 1.61. The van der Waals surface area contributed by atoms with E-state index in [1.54, 1.807) is 11.3 Å². The van der Waals surface area contributed by atoms with E-state index < -0.39 is 0 Å². The van der Waals surface area contributed by atoms with Crippen molar-refractivity contribution < 1.29 is 4.79 Å². The van der Waals surface area contributed by atoms with Crippen LogP contribution in [-0.4, -0.2) is 35.4 Å². The first-order valence-electron chi connectivity index (χ1n) is 8.71. The average Bonchev–Trinajstić information content (AvgIpc) is 3.10. The maximum Gasteiger partial charge on any atom is 0.228 e. The molecule has 3 rings (SSSR count). The quantitative estimate of drug-likeness (QED) is 0.907. The summed E-state index contributed by atoms with van der Waals surface area (Å²) in [6.07, 6.45) is 3.48. The monoisotopic (exact) mass is 343 g/mol. The topological polar surface area (TPSA) is 59.2 Å². The van der Waals surface area contributed by atoms with Crippen LogP contribution in [0.5, 0.6) is 0 Å². The van der Waals surface area contributed by atoms with Gasteiger partial charge in [-0.25, -0.2) is 4.98 Å². The van der Waals surface area contributed by atoms with Gasteiger partial charge < -0.3 is 10.6 Å². The van der Waals surface area contributed by atoms with Crippen LogP contribution in [0, 0.1) is 5.92 Å². The predicted octanol–water partition coefficient (Wildman–Crippen LogP) is 3.11. The minimum atomic E-state index is 0.184. The van der Waals surface area contributed by atoms with Gasteiger partial charge in [-0.2, -0.15) is 0 Å². The summed E-state index contributed by atoms with van der Waals surface area (Å²) in [5.74, 6) is 0.759. The number of rotatable bonds is 5. The number of nitrogens with two attached hydrogens (primary N) is 1. The molecule has 1 amide bonds. The predicted molar refractivity (Wildman–Crippen MR) is 99.0 cm³/mol. The van der Waals surface area contributed by atoms with Gasteiger partial charge in [-0.05, 0) is 37.3 Å². The Morgan fingerprint density at radius 2 is 2.00 bits per heavy atom. The number of thiazole rings is 1. The Kier molecular flexibility index (Phi) is 5.63. The van der Waals surface area contributed by atoms with Crippen molar-refractivity contribution in [2.75, 3.05) is 19.6 Å². The van der Waals surface area contributed by atoms with Gasteiger partial charge in [0.2, 0.25) is 5.91 Å². The lowest BCUT2D eigenvalue weighted by Crippen LogP contribution is -2.40. The average molecular weight is 343 g/mol. The lowest BCUT2D eigenvalue weighted by molar-refractivity contribution is -0.131. The van der Waals surface area contributed by atoms with Crippen LogP contribution in [-0.2, 0) is 17.6 Å². The van der Waals surface area contributed by atoms with Crippen molar-refractivity contribution in [3.63, 3.8) is 0 Å². The SMILES string of the molecule is CCc1ccc(-c2nc(CC(=O)N3CCC(CN)CC3)cs2)cc1. The Morgan fingerprint density at radius 1 is 1.29 bits per heavy atom. The number of carbonyl (C=O) groups is 1. The highest BCUT2D eigenvalue weighted by Crippen LogP contribution is 2.25. The second kappa shape index (κ2) is 7.90. The number of hydrogen-bond donors (Lipinski definition) is 1. The van der Waals surface area contributed by atoms with Crippen LogP contribution >= 0.6 is 11.3 Å². The second-order valence-corrected chi connectivity index (χ2v) is 7.29. The van der Waals surface area contributed by atoms with E-state index in [1.165, 1.54) is 5.56 Å². The molecule has 1 saturated heterocycles. The molecule has 1 aliphatic heterocycles. The number of benzene rings is 1. The molecule has 1 aromatic carbocycles. The molecule has 0 aliphatic carbocycles. The fourth-order valence-electron chi connectivity index (χ4n) is 3.09. The van der Waals surface area contributed by atoms with E-state index in [0.29, 0.717) is 12.3 Å².